The molecule has 0 aliphatic heterocycles. The van der Waals surface area contributed by atoms with E-state index in [1.165, 1.54) is 54.7 Å². The van der Waals surface area contributed by atoms with Crippen molar-refractivity contribution in [2.75, 3.05) is 6.54 Å². The minimum atomic E-state index is 0.591. The lowest BCUT2D eigenvalue weighted by molar-refractivity contribution is 0.300. The largest absolute Gasteiger partial charge is 0.310 e. The Morgan fingerprint density at radius 2 is 2.00 bits per heavy atom. The zero-order valence-corrected chi connectivity index (χ0v) is 13.6. The van der Waals surface area contributed by atoms with Crippen molar-refractivity contribution in [2.24, 2.45) is 5.92 Å². The summed E-state index contributed by atoms with van der Waals surface area (Å²) in [5.41, 5.74) is 1.57. The van der Waals surface area contributed by atoms with E-state index < -0.39 is 0 Å². The summed E-state index contributed by atoms with van der Waals surface area (Å²) in [6.07, 6.45) is 9.83. The van der Waals surface area contributed by atoms with Crippen molar-refractivity contribution < 1.29 is 0 Å². The fraction of sp³-hybridized carbons (Fsp3) is 0.765. The first-order chi connectivity index (χ1) is 9.20. The van der Waals surface area contributed by atoms with E-state index in [-0.39, 0.29) is 0 Å². The quantitative estimate of drug-likeness (QED) is 0.737. The van der Waals surface area contributed by atoms with Crippen molar-refractivity contribution in [1.82, 2.24) is 5.32 Å². The smallest absolute Gasteiger partial charge is 0.0333 e. The summed E-state index contributed by atoms with van der Waals surface area (Å²) < 4.78 is 0. The summed E-state index contributed by atoms with van der Waals surface area (Å²) in [5.74, 6) is 0.947. The molecule has 1 aromatic rings. The Kier molecular flexibility index (Phi) is 5.90. The van der Waals surface area contributed by atoms with Crippen LogP contribution in [0.2, 0.25) is 0 Å². The van der Waals surface area contributed by atoms with Gasteiger partial charge in [-0.3, -0.25) is 0 Å². The van der Waals surface area contributed by atoms with Gasteiger partial charge in [0.25, 0.3) is 0 Å². The van der Waals surface area contributed by atoms with E-state index in [0.29, 0.717) is 6.04 Å². The van der Waals surface area contributed by atoms with Crippen LogP contribution in [0.1, 0.15) is 73.2 Å². The van der Waals surface area contributed by atoms with E-state index in [2.05, 4.69) is 32.2 Å². The van der Waals surface area contributed by atoms with Gasteiger partial charge >= 0.3 is 0 Å². The molecule has 19 heavy (non-hydrogen) atoms. The lowest BCUT2D eigenvalue weighted by Gasteiger charge is -2.27. The van der Waals surface area contributed by atoms with Gasteiger partial charge in [-0.15, -0.1) is 11.3 Å². The molecule has 1 heterocycles. The molecule has 0 amide bonds. The molecule has 1 aromatic heterocycles. The van der Waals surface area contributed by atoms with E-state index in [9.17, 15) is 0 Å². The van der Waals surface area contributed by atoms with E-state index in [4.69, 9.17) is 0 Å². The Morgan fingerprint density at radius 3 is 2.58 bits per heavy atom. The first kappa shape index (κ1) is 15.1. The maximum absolute atomic E-state index is 3.79. The molecule has 0 aromatic carbocycles. The molecule has 1 unspecified atom stereocenters. The van der Waals surface area contributed by atoms with Crippen LogP contribution in [0.25, 0.3) is 0 Å². The van der Waals surface area contributed by atoms with Crippen LogP contribution in [0.5, 0.6) is 0 Å². The first-order valence-electron chi connectivity index (χ1n) is 8.01. The predicted octanol–water partition coefficient (Wildman–Crippen LogP) is 5.38. The van der Waals surface area contributed by atoms with Gasteiger partial charge in [0.15, 0.2) is 0 Å². The molecular formula is C17H29NS. The molecule has 2 rings (SSSR count). The number of hydrogen-bond acceptors (Lipinski definition) is 2. The summed E-state index contributed by atoms with van der Waals surface area (Å²) in [6.45, 7) is 7.93. The van der Waals surface area contributed by atoms with Crippen molar-refractivity contribution in [3.63, 3.8) is 0 Å². The SMILES string of the molecule is CCCNC(CC1CCCCC1)c1cc(C)sc1C. The Morgan fingerprint density at radius 1 is 1.26 bits per heavy atom. The zero-order valence-electron chi connectivity index (χ0n) is 12.8. The van der Waals surface area contributed by atoms with Crippen LogP contribution in [0, 0.1) is 19.8 Å². The van der Waals surface area contributed by atoms with Crippen LogP contribution < -0.4 is 5.32 Å². The molecular weight excluding hydrogens is 250 g/mol. The highest BCUT2D eigenvalue weighted by Crippen LogP contribution is 2.35. The second kappa shape index (κ2) is 7.44. The van der Waals surface area contributed by atoms with E-state index in [1.54, 1.807) is 5.56 Å². The van der Waals surface area contributed by atoms with Crippen molar-refractivity contribution >= 4 is 11.3 Å². The van der Waals surface area contributed by atoms with Gasteiger partial charge in [0.2, 0.25) is 0 Å². The molecule has 1 nitrogen and oxygen atoms in total. The lowest BCUT2D eigenvalue weighted by Crippen LogP contribution is -2.25. The average molecular weight is 279 g/mol. The molecule has 2 heteroatoms. The van der Waals surface area contributed by atoms with Gasteiger partial charge in [0.05, 0.1) is 0 Å². The predicted molar refractivity (Wildman–Crippen MR) is 86.0 cm³/mol. The molecule has 1 fully saturated rings. The molecule has 1 saturated carbocycles. The Bertz CT molecular complexity index is 377. The minimum absolute atomic E-state index is 0.591. The molecule has 108 valence electrons. The van der Waals surface area contributed by atoms with Crippen molar-refractivity contribution in [1.29, 1.82) is 0 Å². The summed E-state index contributed by atoms with van der Waals surface area (Å²) in [5, 5.41) is 3.79. The summed E-state index contributed by atoms with van der Waals surface area (Å²) in [6, 6.07) is 3.00. The van der Waals surface area contributed by atoms with Crippen molar-refractivity contribution in [2.45, 2.75) is 71.8 Å². The normalized spacial score (nSPS) is 18.7. The molecule has 1 aliphatic carbocycles. The molecule has 0 radical (unpaired) electrons. The maximum Gasteiger partial charge on any atom is 0.0333 e. The maximum atomic E-state index is 3.79. The van der Waals surface area contributed by atoms with Gasteiger partial charge in [-0.05, 0) is 50.8 Å². The van der Waals surface area contributed by atoms with Crippen LogP contribution in [0.4, 0.5) is 0 Å². The fourth-order valence-electron chi connectivity index (χ4n) is 3.39. The number of rotatable bonds is 6. The van der Waals surface area contributed by atoms with E-state index >= 15 is 0 Å². The van der Waals surface area contributed by atoms with Crippen LogP contribution in [-0.2, 0) is 0 Å². The Balaban J connectivity index is 2.04. The monoisotopic (exact) mass is 279 g/mol. The van der Waals surface area contributed by atoms with Crippen LogP contribution >= 0.6 is 11.3 Å². The number of hydrogen-bond donors (Lipinski definition) is 1. The first-order valence-corrected chi connectivity index (χ1v) is 8.82. The Labute approximate surface area is 122 Å². The van der Waals surface area contributed by atoms with Gasteiger partial charge in [-0.1, -0.05) is 39.0 Å². The molecule has 1 atom stereocenters. The average Bonchev–Trinajstić information content (AvgIpc) is 2.75. The highest BCUT2D eigenvalue weighted by atomic mass is 32.1. The third-order valence-corrected chi connectivity index (χ3v) is 5.37. The second-order valence-corrected chi connectivity index (χ2v) is 7.58. The molecule has 0 saturated heterocycles. The van der Waals surface area contributed by atoms with Crippen molar-refractivity contribution in [3.05, 3.63) is 21.4 Å². The van der Waals surface area contributed by atoms with E-state index in [1.807, 2.05) is 11.3 Å². The van der Waals surface area contributed by atoms with Gasteiger partial charge in [0.1, 0.15) is 0 Å². The third kappa shape index (κ3) is 4.32. The van der Waals surface area contributed by atoms with Crippen LogP contribution in [0.3, 0.4) is 0 Å². The lowest BCUT2D eigenvalue weighted by atomic mass is 9.83. The van der Waals surface area contributed by atoms with E-state index in [0.717, 1.165) is 12.5 Å². The Hall–Kier alpha value is -0.340. The molecule has 0 bridgehead atoms. The van der Waals surface area contributed by atoms with Crippen LogP contribution in [0.15, 0.2) is 6.07 Å². The second-order valence-electron chi connectivity index (χ2n) is 6.12. The number of aryl methyl sites for hydroxylation is 2. The fourth-order valence-corrected chi connectivity index (χ4v) is 4.38. The van der Waals surface area contributed by atoms with Gasteiger partial charge in [-0.25, -0.2) is 0 Å². The van der Waals surface area contributed by atoms with Gasteiger partial charge < -0.3 is 5.32 Å². The third-order valence-electron chi connectivity index (χ3n) is 4.39. The van der Waals surface area contributed by atoms with Crippen LogP contribution in [-0.4, -0.2) is 6.54 Å². The standard InChI is InChI=1S/C17H29NS/c1-4-10-18-17(12-15-8-6-5-7-9-15)16-11-13(2)19-14(16)3/h11,15,17-18H,4-10,12H2,1-3H3. The number of nitrogens with one attached hydrogen (secondary N) is 1. The van der Waals surface area contributed by atoms with Crippen molar-refractivity contribution in [3.8, 4) is 0 Å². The van der Waals surface area contributed by atoms with Gasteiger partial charge in [0, 0.05) is 15.8 Å². The highest BCUT2D eigenvalue weighted by molar-refractivity contribution is 7.12. The summed E-state index contributed by atoms with van der Waals surface area (Å²) >= 11 is 1.95. The highest BCUT2D eigenvalue weighted by Gasteiger charge is 2.21. The zero-order chi connectivity index (χ0) is 13.7. The minimum Gasteiger partial charge on any atom is -0.310 e. The van der Waals surface area contributed by atoms with Gasteiger partial charge in [-0.2, -0.15) is 0 Å². The summed E-state index contributed by atoms with van der Waals surface area (Å²) in [7, 11) is 0. The molecule has 1 N–H and O–H groups in total. The topological polar surface area (TPSA) is 12.0 Å². The molecule has 1 aliphatic rings. The molecule has 0 spiro atoms. The summed E-state index contributed by atoms with van der Waals surface area (Å²) in [4.78, 5) is 2.97. The number of thiophene rings is 1.